The van der Waals surface area contributed by atoms with Crippen LogP contribution in [0.15, 0.2) is 23.4 Å². The van der Waals surface area contributed by atoms with E-state index in [1.165, 1.54) is 31.2 Å². The molecular formula is C16H25N3O. The van der Waals surface area contributed by atoms with Crippen LogP contribution in [0.2, 0.25) is 0 Å². The third-order valence-corrected chi connectivity index (χ3v) is 4.45. The topological polar surface area (TPSA) is 61.9 Å². The summed E-state index contributed by atoms with van der Waals surface area (Å²) in [6.07, 6.45) is 4.97. The number of hydrogen-bond donors (Lipinski definition) is 2. The Bertz CT molecular complexity index is 490. The molecule has 1 aromatic rings. The standard InChI is InChI=1S/C16H25N3O/c1-11-4-7-13(8-5-11)19(3)15-10-12(2)6-9-14(15)16(17)18-20/h6,9-11,13,20H,4-5,7-8H2,1-3H3,(H2,17,18). The summed E-state index contributed by atoms with van der Waals surface area (Å²) >= 11 is 0. The molecule has 20 heavy (non-hydrogen) atoms. The summed E-state index contributed by atoms with van der Waals surface area (Å²) in [4.78, 5) is 2.30. The maximum Gasteiger partial charge on any atom is 0.172 e. The molecule has 0 amide bonds. The van der Waals surface area contributed by atoms with E-state index in [2.05, 4.69) is 37.0 Å². The van der Waals surface area contributed by atoms with Gasteiger partial charge in [-0.05, 0) is 56.2 Å². The van der Waals surface area contributed by atoms with Gasteiger partial charge in [-0.1, -0.05) is 18.1 Å². The molecule has 1 aliphatic rings. The molecule has 0 saturated heterocycles. The zero-order chi connectivity index (χ0) is 14.7. The molecule has 0 atom stereocenters. The highest BCUT2D eigenvalue weighted by molar-refractivity contribution is 6.02. The molecule has 3 N–H and O–H groups in total. The Morgan fingerprint density at radius 1 is 1.30 bits per heavy atom. The Morgan fingerprint density at radius 3 is 2.55 bits per heavy atom. The fourth-order valence-corrected chi connectivity index (χ4v) is 3.03. The van der Waals surface area contributed by atoms with E-state index in [0.29, 0.717) is 6.04 Å². The largest absolute Gasteiger partial charge is 0.409 e. The first-order valence-electron chi connectivity index (χ1n) is 7.34. The first kappa shape index (κ1) is 14.7. The maximum absolute atomic E-state index is 8.95. The molecule has 110 valence electrons. The van der Waals surface area contributed by atoms with E-state index < -0.39 is 0 Å². The van der Waals surface area contributed by atoms with Crippen LogP contribution in [0.4, 0.5) is 5.69 Å². The highest BCUT2D eigenvalue weighted by atomic mass is 16.4. The summed E-state index contributed by atoms with van der Waals surface area (Å²) in [5.41, 5.74) is 8.85. The van der Waals surface area contributed by atoms with Crippen LogP contribution in [0.3, 0.4) is 0 Å². The minimum Gasteiger partial charge on any atom is -0.409 e. The summed E-state index contributed by atoms with van der Waals surface area (Å²) in [6, 6.07) is 6.58. The molecule has 2 rings (SSSR count). The van der Waals surface area contributed by atoms with E-state index >= 15 is 0 Å². The number of rotatable bonds is 3. The van der Waals surface area contributed by atoms with Crippen molar-refractivity contribution in [2.75, 3.05) is 11.9 Å². The normalized spacial score (nSPS) is 23.6. The molecule has 1 aromatic carbocycles. The number of oxime groups is 1. The van der Waals surface area contributed by atoms with Gasteiger partial charge in [0.05, 0.1) is 0 Å². The third-order valence-electron chi connectivity index (χ3n) is 4.45. The van der Waals surface area contributed by atoms with Crippen LogP contribution in [-0.2, 0) is 0 Å². The van der Waals surface area contributed by atoms with Gasteiger partial charge in [-0.25, -0.2) is 0 Å². The Kier molecular flexibility index (Phi) is 4.53. The molecule has 0 radical (unpaired) electrons. The fraction of sp³-hybridized carbons (Fsp3) is 0.562. The second kappa shape index (κ2) is 6.16. The van der Waals surface area contributed by atoms with E-state index in [0.717, 1.165) is 17.2 Å². The van der Waals surface area contributed by atoms with Crippen molar-refractivity contribution in [1.29, 1.82) is 0 Å². The van der Waals surface area contributed by atoms with Crippen molar-refractivity contribution in [3.8, 4) is 0 Å². The second-order valence-electron chi connectivity index (χ2n) is 6.03. The SMILES string of the molecule is Cc1ccc(C(N)=NO)c(N(C)C2CCC(C)CC2)c1. The van der Waals surface area contributed by atoms with Crippen LogP contribution in [-0.4, -0.2) is 24.1 Å². The minimum absolute atomic E-state index is 0.177. The van der Waals surface area contributed by atoms with Gasteiger partial charge in [-0.3, -0.25) is 0 Å². The molecule has 0 heterocycles. The number of amidine groups is 1. The average Bonchev–Trinajstić information content (AvgIpc) is 2.46. The van der Waals surface area contributed by atoms with Crippen molar-refractivity contribution >= 4 is 11.5 Å². The monoisotopic (exact) mass is 275 g/mol. The van der Waals surface area contributed by atoms with Gasteiger partial charge in [0.1, 0.15) is 0 Å². The number of aryl methyl sites for hydroxylation is 1. The Balaban J connectivity index is 2.28. The molecule has 1 saturated carbocycles. The van der Waals surface area contributed by atoms with Crippen molar-refractivity contribution in [2.24, 2.45) is 16.8 Å². The highest BCUT2D eigenvalue weighted by Gasteiger charge is 2.24. The summed E-state index contributed by atoms with van der Waals surface area (Å²) in [5, 5.41) is 12.1. The van der Waals surface area contributed by atoms with E-state index in [4.69, 9.17) is 10.9 Å². The molecule has 0 spiro atoms. The quantitative estimate of drug-likeness (QED) is 0.385. The van der Waals surface area contributed by atoms with Gasteiger partial charge in [0.2, 0.25) is 0 Å². The Hall–Kier alpha value is -1.71. The van der Waals surface area contributed by atoms with Gasteiger partial charge in [0, 0.05) is 24.3 Å². The summed E-state index contributed by atoms with van der Waals surface area (Å²) < 4.78 is 0. The van der Waals surface area contributed by atoms with E-state index in [1.807, 2.05) is 12.1 Å². The molecule has 4 heteroatoms. The smallest absolute Gasteiger partial charge is 0.172 e. The number of nitrogens with two attached hydrogens (primary N) is 1. The van der Waals surface area contributed by atoms with Gasteiger partial charge in [-0.15, -0.1) is 0 Å². The lowest BCUT2D eigenvalue weighted by Gasteiger charge is -2.36. The molecule has 0 bridgehead atoms. The summed E-state index contributed by atoms with van der Waals surface area (Å²) in [6.45, 7) is 4.39. The lowest BCUT2D eigenvalue weighted by Crippen LogP contribution is -2.36. The summed E-state index contributed by atoms with van der Waals surface area (Å²) in [7, 11) is 2.11. The second-order valence-corrected chi connectivity index (χ2v) is 6.03. The van der Waals surface area contributed by atoms with Gasteiger partial charge >= 0.3 is 0 Å². The van der Waals surface area contributed by atoms with E-state index in [1.54, 1.807) is 0 Å². The van der Waals surface area contributed by atoms with Crippen LogP contribution in [0, 0.1) is 12.8 Å². The summed E-state index contributed by atoms with van der Waals surface area (Å²) in [5.74, 6) is 1.01. The van der Waals surface area contributed by atoms with E-state index in [9.17, 15) is 0 Å². The van der Waals surface area contributed by atoms with Crippen molar-refractivity contribution in [1.82, 2.24) is 0 Å². The predicted octanol–water partition coefficient (Wildman–Crippen LogP) is 3.10. The Morgan fingerprint density at radius 2 is 1.95 bits per heavy atom. The maximum atomic E-state index is 8.95. The van der Waals surface area contributed by atoms with Crippen LogP contribution in [0.1, 0.15) is 43.7 Å². The van der Waals surface area contributed by atoms with Crippen LogP contribution in [0.25, 0.3) is 0 Å². The third kappa shape index (κ3) is 3.06. The minimum atomic E-state index is 0.177. The molecule has 1 aliphatic carbocycles. The van der Waals surface area contributed by atoms with Crippen molar-refractivity contribution in [3.63, 3.8) is 0 Å². The predicted molar refractivity (Wildman–Crippen MR) is 83.5 cm³/mol. The zero-order valence-corrected chi connectivity index (χ0v) is 12.6. The molecule has 0 aliphatic heterocycles. The van der Waals surface area contributed by atoms with Crippen molar-refractivity contribution in [3.05, 3.63) is 29.3 Å². The van der Waals surface area contributed by atoms with Crippen molar-refractivity contribution in [2.45, 2.75) is 45.6 Å². The van der Waals surface area contributed by atoms with E-state index in [-0.39, 0.29) is 5.84 Å². The first-order chi connectivity index (χ1) is 9.52. The van der Waals surface area contributed by atoms with Gasteiger partial charge in [0.15, 0.2) is 5.84 Å². The number of anilines is 1. The van der Waals surface area contributed by atoms with Crippen LogP contribution in [0.5, 0.6) is 0 Å². The lowest BCUT2D eigenvalue weighted by molar-refractivity contribution is 0.318. The molecule has 0 aromatic heterocycles. The molecule has 0 unspecified atom stereocenters. The average molecular weight is 275 g/mol. The Labute approximate surface area is 121 Å². The zero-order valence-electron chi connectivity index (χ0n) is 12.6. The van der Waals surface area contributed by atoms with Crippen LogP contribution < -0.4 is 10.6 Å². The fourth-order valence-electron chi connectivity index (χ4n) is 3.03. The van der Waals surface area contributed by atoms with Gasteiger partial charge < -0.3 is 15.8 Å². The van der Waals surface area contributed by atoms with Crippen molar-refractivity contribution < 1.29 is 5.21 Å². The van der Waals surface area contributed by atoms with Gasteiger partial charge in [0.25, 0.3) is 0 Å². The lowest BCUT2D eigenvalue weighted by atomic mass is 9.86. The number of benzene rings is 1. The molecule has 1 fully saturated rings. The number of nitrogens with zero attached hydrogens (tertiary/aromatic N) is 2. The van der Waals surface area contributed by atoms with Crippen LogP contribution >= 0.6 is 0 Å². The first-order valence-corrected chi connectivity index (χ1v) is 7.34. The van der Waals surface area contributed by atoms with Gasteiger partial charge in [-0.2, -0.15) is 0 Å². The highest BCUT2D eigenvalue weighted by Crippen LogP contribution is 2.31. The molecule has 4 nitrogen and oxygen atoms in total. The number of hydrogen-bond acceptors (Lipinski definition) is 3. The molecular weight excluding hydrogens is 250 g/mol.